The normalized spacial score (nSPS) is 11.1. The van der Waals surface area contributed by atoms with Crippen molar-refractivity contribution in [1.82, 2.24) is 9.78 Å². The molecule has 1 heterocycles. The number of benzene rings is 1. The van der Waals surface area contributed by atoms with Crippen molar-refractivity contribution < 1.29 is 4.39 Å². The number of halogens is 1. The predicted octanol–water partition coefficient (Wildman–Crippen LogP) is 3.83. The van der Waals surface area contributed by atoms with Gasteiger partial charge < -0.3 is 5.32 Å². The quantitative estimate of drug-likeness (QED) is 0.906. The second kappa shape index (κ2) is 5.43. The molecule has 0 saturated carbocycles. The lowest BCUT2D eigenvalue weighted by molar-refractivity contribution is 0.516. The minimum absolute atomic E-state index is 0.179. The first-order valence-electron chi connectivity index (χ1n) is 6.53. The van der Waals surface area contributed by atoms with Crippen LogP contribution >= 0.6 is 0 Å². The lowest BCUT2D eigenvalue weighted by atomic mass is 10.2. The minimum atomic E-state index is -0.179. The maximum Gasteiger partial charge on any atom is 0.128 e. The Morgan fingerprint density at radius 3 is 2.53 bits per heavy atom. The van der Waals surface area contributed by atoms with Gasteiger partial charge in [0.2, 0.25) is 0 Å². The average molecular weight is 261 g/mol. The van der Waals surface area contributed by atoms with Crippen LogP contribution in [-0.4, -0.2) is 9.78 Å². The zero-order chi connectivity index (χ0) is 14.0. The van der Waals surface area contributed by atoms with Gasteiger partial charge in [0, 0.05) is 18.2 Å². The van der Waals surface area contributed by atoms with Gasteiger partial charge in [0.1, 0.15) is 5.82 Å². The second-order valence-corrected chi connectivity index (χ2v) is 5.03. The Hall–Kier alpha value is -1.84. The van der Waals surface area contributed by atoms with E-state index in [0.29, 0.717) is 18.2 Å². The summed E-state index contributed by atoms with van der Waals surface area (Å²) in [6.45, 7) is 8.66. The highest BCUT2D eigenvalue weighted by Gasteiger charge is 2.13. The molecule has 0 radical (unpaired) electrons. The number of aryl methyl sites for hydroxylation is 1. The van der Waals surface area contributed by atoms with Gasteiger partial charge in [-0.2, -0.15) is 5.10 Å². The van der Waals surface area contributed by atoms with E-state index in [1.165, 1.54) is 6.07 Å². The van der Waals surface area contributed by atoms with Crippen LogP contribution in [0.5, 0.6) is 0 Å². The van der Waals surface area contributed by atoms with Crippen LogP contribution in [0.2, 0.25) is 0 Å². The molecule has 0 aliphatic heterocycles. The lowest BCUT2D eigenvalue weighted by Gasteiger charge is -2.10. The molecule has 0 fully saturated rings. The number of nitrogens with zero attached hydrogens (tertiary/aromatic N) is 2. The summed E-state index contributed by atoms with van der Waals surface area (Å²) in [4.78, 5) is 0. The first-order valence-corrected chi connectivity index (χ1v) is 6.53. The van der Waals surface area contributed by atoms with E-state index in [4.69, 9.17) is 0 Å². The Bertz CT molecular complexity index is 573. The van der Waals surface area contributed by atoms with Gasteiger partial charge in [-0.25, -0.2) is 4.39 Å². The highest BCUT2D eigenvalue weighted by Crippen LogP contribution is 2.23. The maximum absolute atomic E-state index is 13.6. The zero-order valence-electron chi connectivity index (χ0n) is 11.9. The van der Waals surface area contributed by atoms with E-state index in [1.807, 2.05) is 24.6 Å². The number of hydrogen-bond donors (Lipinski definition) is 1. The number of rotatable bonds is 4. The molecule has 0 aliphatic rings. The van der Waals surface area contributed by atoms with Crippen LogP contribution < -0.4 is 5.32 Å². The molecule has 0 saturated heterocycles. The van der Waals surface area contributed by atoms with Gasteiger partial charge in [0.15, 0.2) is 0 Å². The van der Waals surface area contributed by atoms with Crippen LogP contribution in [0.1, 0.15) is 36.8 Å². The first-order chi connectivity index (χ1) is 9.00. The van der Waals surface area contributed by atoms with Gasteiger partial charge >= 0.3 is 0 Å². The van der Waals surface area contributed by atoms with Crippen molar-refractivity contribution in [3.8, 4) is 0 Å². The molecular formula is C15H20FN3. The molecule has 0 bridgehead atoms. The third-order valence-corrected chi connectivity index (χ3v) is 3.23. The molecule has 1 N–H and O–H groups in total. The number of nitrogens with one attached hydrogen (secondary N) is 1. The van der Waals surface area contributed by atoms with Crippen LogP contribution in [0.15, 0.2) is 24.3 Å². The van der Waals surface area contributed by atoms with Crippen LogP contribution in [0.25, 0.3) is 0 Å². The van der Waals surface area contributed by atoms with Crippen molar-refractivity contribution in [3.63, 3.8) is 0 Å². The molecule has 0 spiro atoms. The van der Waals surface area contributed by atoms with Gasteiger partial charge in [0.25, 0.3) is 0 Å². The first kappa shape index (κ1) is 13.6. The smallest absolute Gasteiger partial charge is 0.128 e. The highest BCUT2D eigenvalue weighted by molar-refractivity contribution is 5.52. The third kappa shape index (κ3) is 2.78. The summed E-state index contributed by atoms with van der Waals surface area (Å²) < 4.78 is 15.6. The molecule has 0 aliphatic carbocycles. The van der Waals surface area contributed by atoms with Gasteiger partial charge in [-0.15, -0.1) is 0 Å². The predicted molar refractivity (Wildman–Crippen MR) is 75.8 cm³/mol. The van der Waals surface area contributed by atoms with Crippen molar-refractivity contribution in [2.45, 2.75) is 40.3 Å². The van der Waals surface area contributed by atoms with Crippen molar-refractivity contribution >= 4 is 5.69 Å². The summed E-state index contributed by atoms with van der Waals surface area (Å²) in [6.07, 6.45) is 0. The van der Waals surface area contributed by atoms with Gasteiger partial charge in [0.05, 0.1) is 17.1 Å². The molecule has 0 unspecified atom stereocenters. The van der Waals surface area contributed by atoms with Crippen molar-refractivity contribution in [1.29, 1.82) is 0 Å². The summed E-state index contributed by atoms with van der Waals surface area (Å²) in [5.41, 5.74) is 3.70. The Morgan fingerprint density at radius 1 is 1.26 bits per heavy atom. The molecule has 4 heteroatoms. The minimum Gasteiger partial charge on any atom is -0.378 e. The summed E-state index contributed by atoms with van der Waals surface area (Å²) in [5.74, 6) is -0.179. The molecule has 1 aromatic heterocycles. The average Bonchev–Trinajstić information content (AvgIpc) is 2.65. The standard InChI is InChI=1S/C15H20FN3/c1-10(2)19-12(4)15(11(3)18-19)17-9-13-7-5-6-8-14(13)16/h5-8,10,17H,9H2,1-4H3. The van der Waals surface area contributed by atoms with E-state index >= 15 is 0 Å². The zero-order valence-corrected chi connectivity index (χ0v) is 11.9. The summed E-state index contributed by atoms with van der Waals surface area (Å²) >= 11 is 0. The molecular weight excluding hydrogens is 241 g/mol. The molecule has 2 aromatic rings. The Kier molecular flexibility index (Phi) is 3.88. The molecule has 102 valence electrons. The van der Waals surface area contributed by atoms with Crippen molar-refractivity contribution in [3.05, 3.63) is 47.0 Å². The summed E-state index contributed by atoms with van der Waals surface area (Å²) in [5, 5.41) is 7.80. The Labute approximate surface area is 113 Å². The maximum atomic E-state index is 13.6. The van der Waals surface area contributed by atoms with Gasteiger partial charge in [-0.1, -0.05) is 18.2 Å². The SMILES string of the molecule is Cc1nn(C(C)C)c(C)c1NCc1ccccc1F. The molecule has 0 amide bonds. The molecule has 1 aromatic carbocycles. The van der Waals surface area contributed by atoms with E-state index in [9.17, 15) is 4.39 Å². The van der Waals surface area contributed by atoms with Crippen LogP contribution in [0, 0.1) is 19.7 Å². The topological polar surface area (TPSA) is 29.9 Å². The van der Waals surface area contributed by atoms with Crippen molar-refractivity contribution in [2.24, 2.45) is 0 Å². The van der Waals surface area contributed by atoms with Gasteiger partial charge in [-0.05, 0) is 33.8 Å². The lowest BCUT2D eigenvalue weighted by Crippen LogP contribution is -2.06. The number of hydrogen-bond acceptors (Lipinski definition) is 2. The van der Waals surface area contributed by atoms with Crippen LogP contribution in [-0.2, 0) is 6.54 Å². The summed E-state index contributed by atoms with van der Waals surface area (Å²) in [7, 11) is 0. The van der Waals surface area contributed by atoms with Crippen LogP contribution in [0.4, 0.5) is 10.1 Å². The van der Waals surface area contributed by atoms with Crippen LogP contribution in [0.3, 0.4) is 0 Å². The number of anilines is 1. The van der Waals surface area contributed by atoms with E-state index < -0.39 is 0 Å². The monoisotopic (exact) mass is 261 g/mol. The third-order valence-electron chi connectivity index (χ3n) is 3.23. The number of aromatic nitrogens is 2. The molecule has 3 nitrogen and oxygen atoms in total. The largest absolute Gasteiger partial charge is 0.378 e. The molecule has 0 atom stereocenters. The fraction of sp³-hybridized carbons (Fsp3) is 0.400. The fourth-order valence-corrected chi connectivity index (χ4v) is 2.25. The van der Waals surface area contributed by atoms with E-state index in [1.54, 1.807) is 12.1 Å². The molecule has 2 rings (SSSR count). The fourth-order valence-electron chi connectivity index (χ4n) is 2.25. The Balaban J connectivity index is 2.19. The van der Waals surface area contributed by atoms with E-state index in [-0.39, 0.29) is 5.82 Å². The summed E-state index contributed by atoms with van der Waals surface area (Å²) in [6, 6.07) is 7.14. The Morgan fingerprint density at radius 2 is 1.95 bits per heavy atom. The van der Waals surface area contributed by atoms with E-state index in [2.05, 4.69) is 24.3 Å². The molecule has 19 heavy (non-hydrogen) atoms. The second-order valence-electron chi connectivity index (χ2n) is 5.03. The van der Waals surface area contributed by atoms with E-state index in [0.717, 1.165) is 17.1 Å². The van der Waals surface area contributed by atoms with Crippen molar-refractivity contribution in [2.75, 3.05) is 5.32 Å². The highest BCUT2D eigenvalue weighted by atomic mass is 19.1. The van der Waals surface area contributed by atoms with Gasteiger partial charge in [-0.3, -0.25) is 4.68 Å².